The SMILES string of the molecule is CC(C)(C)[C@H]1CC[C@H]2c3c([nH]c4ccccc34)[C@H]3C(=O)N(c4ccc(C(=O)O)cc4)C(=O)[C@@H]3[C@@H]2C1. The van der Waals surface area contributed by atoms with Gasteiger partial charge in [0.05, 0.1) is 23.1 Å². The topological polar surface area (TPSA) is 90.5 Å². The monoisotopic (exact) mass is 470 g/mol. The van der Waals surface area contributed by atoms with Crippen LogP contribution >= 0.6 is 0 Å². The number of anilines is 1. The Morgan fingerprint density at radius 2 is 1.71 bits per heavy atom. The third kappa shape index (κ3) is 3.19. The van der Waals surface area contributed by atoms with Gasteiger partial charge in [0.1, 0.15) is 0 Å². The van der Waals surface area contributed by atoms with Crippen LogP contribution in [0.25, 0.3) is 10.9 Å². The van der Waals surface area contributed by atoms with Crippen LogP contribution in [0.1, 0.15) is 73.5 Å². The third-order valence-electron chi connectivity index (χ3n) is 8.77. The molecule has 0 spiro atoms. The highest BCUT2D eigenvalue weighted by atomic mass is 16.4. The zero-order chi connectivity index (χ0) is 24.6. The number of aromatic nitrogens is 1. The second kappa shape index (κ2) is 7.54. The summed E-state index contributed by atoms with van der Waals surface area (Å²) in [5.74, 6) is -1.52. The molecule has 6 heteroatoms. The number of carbonyl (C=O) groups excluding carboxylic acids is 2. The number of rotatable bonds is 2. The standard InChI is InChI=1S/C29H30N2O4/c1-29(2,3)16-10-13-18-20(14-16)23-24(25-22(18)19-6-4-5-7-21(19)30-25)27(33)31(26(23)32)17-11-8-15(9-12-17)28(34)35/h4-9,11-12,16,18,20,23-24,30H,10,13-14H2,1-3H3,(H,34,35)/t16-,18+,20+,23+,24-/m0/s1. The Morgan fingerprint density at radius 1 is 1.00 bits per heavy atom. The molecule has 3 aliphatic rings. The highest BCUT2D eigenvalue weighted by molar-refractivity contribution is 6.24. The smallest absolute Gasteiger partial charge is 0.335 e. The van der Waals surface area contributed by atoms with Gasteiger partial charge >= 0.3 is 5.97 Å². The molecule has 0 radical (unpaired) electrons. The van der Waals surface area contributed by atoms with E-state index in [1.54, 1.807) is 12.1 Å². The molecule has 1 saturated carbocycles. The van der Waals surface area contributed by atoms with E-state index in [9.17, 15) is 19.5 Å². The second-order valence-electron chi connectivity index (χ2n) is 11.5. The molecule has 0 unspecified atom stereocenters. The summed E-state index contributed by atoms with van der Waals surface area (Å²) in [5, 5.41) is 10.4. The largest absolute Gasteiger partial charge is 0.478 e. The van der Waals surface area contributed by atoms with Gasteiger partial charge in [-0.05, 0) is 78.3 Å². The lowest BCUT2D eigenvalue weighted by Gasteiger charge is -2.47. The van der Waals surface area contributed by atoms with Gasteiger partial charge in [-0.1, -0.05) is 39.0 Å². The van der Waals surface area contributed by atoms with Gasteiger partial charge < -0.3 is 10.1 Å². The molecule has 2 heterocycles. The van der Waals surface area contributed by atoms with Crippen molar-refractivity contribution in [3.05, 3.63) is 65.4 Å². The minimum absolute atomic E-state index is 0.101. The Hall–Kier alpha value is -3.41. The highest BCUT2D eigenvalue weighted by Gasteiger charge is 2.59. The molecule has 1 aliphatic heterocycles. The quantitative estimate of drug-likeness (QED) is 0.470. The minimum atomic E-state index is -1.04. The van der Waals surface area contributed by atoms with Gasteiger partial charge in [-0.2, -0.15) is 0 Å². The molecule has 6 nitrogen and oxygen atoms in total. The van der Waals surface area contributed by atoms with E-state index in [0.717, 1.165) is 35.9 Å². The van der Waals surface area contributed by atoms with Crippen molar-refractivity contribution in [1.29, 1.82) is 0 Å². The molecule has 35 heavy (non-hydrogen) atoms. The number of nitrogens with zero attached hydrogens (tertiary/aromatic N) is 1. The summed E-state index contributed by atoms with van der Waals surface area (Å²) >= 11 is 0. The van der Waals surface area contributed by atoms with E-state index in [-0.39, 0.29) is 34.6 Å². The van der Waals surface area contributed by atoms with Crippen molar-refractivity contribution in [2.45, 2.75) is 51.9 Å². The highest BCUT2D eigenvalue weighted by Crippen LogP contribution is 2.59. The second-order valence-corrected chi connectivity index (χ2v) is 11.5. The van der Waals surface area contributed by atoms with Crippen molar-refractivity contribution in [1.82, 2.24) is 4.98 Å². The summed E-state index contributed by atoms with van der Waals surface area (Å²) < 4.78 is 0. The molecule has 1 saturated heterocycles. The van der Waals surface area contributed by atoms with Crippen molar-refractivity contribution in [2.75, 3.05) is 4.90 Å². The average Bonchev–Trinajstić information content (AvgIpc) is 3.33. The predicted octanol–water partition coefficient (Wildman–Crippen LogP) is 5.70. The van der Waals surface area contributed by atoms with E-state index >= 15 is 0 Å². The van der Waals surface area contributed by atoms with Crippen LogP contribution in [0.4, 0.5) is 5.69 Å². The maximum atomic E-state index is 14.0. The summed E-state index contributed by atoms with van der Waals surface area (Å²) in [7, 11) is 0. The maximum absolute atomic E-state index is 14.0. The van der Waals surface area contributed by atoms with Crippen molar-refractivity contribution in [3.8, 4) is 0 Å². The van der Waals surface area contributed by atoms with Crippen LogP contribution in [0.5, 0.6) is 0 Å². The van der Waals surface area contributed by atoms with Crippen LogP contribution in [0.3, 0.4) is 0 Å². The summed E-state index contributed by atoms with van der Waals surface area (Å²) in [4.78, 5) is 44.1. The Bertz CT molecular complexity index is 1360. The number of benzene rings is 2. The number of H-pyrrole nitrogens is 1. The Kier molecular flexibility index (Phi) is 4.76. The zero-order valence-electron chi connectivity index (χ0n) is 20.2. The fraction of sp³-hybridized carbons (Fsp3) is 0.414. The fourth-order valence-corrected chi connectivity index (χ4v) is 7.01. The van der Waals surface area contributed by atoms with E-state index in [2.05, 4.69) is 31.8 Å². The number of aromatic carboxylic acids is 1. The first kappa shape index (κ1) is 22.1. The maximum Gasteiger partial charge on any atom is 0.335 e. The summed E-state index contributed by atoms with van der Waals surface area (Å²) in [6.45, 7) is 6.81. The van der Waals surface area contributed by atoms with Crippen molar-refractivity contribution in [2.24, 2.45) is 23.2 Å². The first-order valence-corrected chi connectivity index (χ1v) is 12.5. The molecule has 3 aromatic rings. The van der Waals surface area contributed by atoms with Gasteiger partial charge in [0.2, 0.25) is 11.8 Å². The van der Waals surface area contributed by atoms with Crippen molar-refractivity contribution < 1.29 is 19.5 Å². The summed E-state index contributed by atoms with van der Waals surface area (Å²) in [6.07, 6.45) is 3.06. The lowest BCUT2D eigenvalue weighted by atomic mass is 9.56. The van der Waals surface area contributed by atoms with Crippen LogP contribution < -0.4 is 4.90 Å². The normalized spacial score (nSPS) is 28.1. The van der Waals surface area contributed by atoms with Crippen molar-refractivity contribution >= 4 is 34.4 Å². The molecular formula is C29H30N2O4. The number of para-hydroxylation sites is 1. The van der Waals surface area contributed by atoms with Crippen LogP contribution in [0.15, 0.2) is 48.5 Å². The number of aromatic amines is 1. The van der Waals surface area contributed by atoms with Gasteiger partial charge in [0.25, 0.3) is 0 Å². The van der Waals surface area contributed by atoms with Gasteiger partial charge in [0.15, 0.2) is 0 Å². The number of imide groups is 1. The molecular weight excluding hydrogens is 440 g/mol. The lowest BCUT2D eigenvalue weighted by molar-refractivity contribution is -0.123. The molecule has 0 bridgehead atoms. The molecule has 2 amide bonds. The molecule has 5 atom stereocenters. The van der Waals surface area contributed by atoms with Gasteiger partial charge in [-0.3, -0.25) is 9.59 Å². The third-order valence-corrected chi connectivity index (χ3v) is 8.77. The molecule has 2 N–H and O–H groups in total. The number of carboxylic acids is 1. The molecule has 1 aromatic heterocycles. The zero-order valence-corrected chi connectivity index (χ0v) is 20.2. The fourth-order valence-electron chi connectivity index (χ4n) is 7.01. The van der Waals surface area contributed by atoms with Crippen molar-refractivity contribution in [3.63, 3.8) is 0 Å². The van der Waals surface area contributed by atoms with E-state index in [0.29, 0.717) is 11.6 Å². The summed E-state index contributed by atoms with van der Waals surface area (Å²) in [6, 6.07) is 14.2. The predicted molar refractivity (Wildman–Crippen MR) is 133 cm³/mol. The number of hydrogen-bond acceptors (Lipinski definition) is 3. The average molecular weight is 471 g/mol. The van der Waals surface area contributed by atoms with Gasteiger partial charge in [0, 0.05) is 16.6 Å². The van der Waals surface area contributed by atoms with Gasteiger partial charge in [-0.15, -0.1) is 0 Å². The van der Waals surface area contributed by atoms with E-state index in [4.69, 9.17) is 0 Å². The lowest BCUT2D eigenvalue weighted by Crippen LogP contribution is -2.41. The Morgan fingerprint density at radius 3 is 2.40 bits per heavy atom. The number of nitrogens with one attached hydrogen (secondary N) is 1. The number of fused-ring (bicyclic) bond motifs is 8. The van der Waals surface area contributed by atoms with E-state index < -0.39 is 17.8 Å². The number of carbonyl (C=O) groups is 3. The van der Waals surface area contributed by atoms with Crippen LogP contribution in [0.2, 0.25) is 0 Å². The number of hydrogen-bond donors (Lipinski definition) is 2. The molecule has 180 valence electrons. The van der Waals surface area contributed by atoms with Gasteiger partial charge in [-0.25, -0.2) is 9.69 Å². The molecule has 2 aliphatic carbocycles. The molecule has 2 aromatic carbocycles. The number of carboxylic acid groups (broad SMARTS) is 1. The minimum Gasteiger partial charge on any atom is -0.478 e. The Labute approximate surface area is 204 Å². The van der Waals surface area contributed by atoms with E-state index in [1.165, 1.54) is 22.6 Å². The first-order chi connectivity index (χ1) is 16.7. The van der Waals surface area contributed by atoms with E-state index in [1.807, 2.05) is 18.2 Å². The molecule has 6 rings (SSSR count). The Balaban J connectivity index is 1.49. The van der Waals surface area contributed by atoms with Crippen LogP contribution in [-0.2, 0) is 9.59 Å². The molecule has 2 fully saturated rings. The van der Waals surface area contributed by atoms with Crippen LogP contribution in [-0.4, -0.2) is 27.9 Å². The number of amides is 2. The van der Waals surface area contributed by atoms with Crippen LogP contribution in [0, 0.1) is 23.2 Å². The summed E-state index contributed by atoms with van der Waals surface area (Å²) in [5.41, 5.74) is 3.84. The first-order valence-electron chi connectivity index (χ1n) is 12.5.